The van der Waals surface area contributed by atoms with Crippen LogP contribution in [0.15, 0.2) is 18.2 Å². The Hall–Kier alpha value is -2.50. The van der Waals surface area contributed by atoms with Gasteiger partial charge in [0.25, 0.3) is 5.91 Å². The lowest BCUT2D eigenvalue weighted by Gasteiger charge is -2.22. The number of phenols is 1. The van der Waals surface area contributed by atoms with Gasteiger partial charge >= 0.3 is 0 Å². The minimum absolute atomic E-state index is 0.00974. The molecule has 140 valence electrons. The fraction of sp³-hybridized carbons (Fsp3) is 0.500. The standard InChI is InChI=1S/C20H27N3O3/c1-13-19(16-12-15(24)8-9-17(16)23(13)2)20(26)21-11-10-18(25)22-14-6-4-3-5-7-14/h8-9,12,14,24H,3-7,10-11H2,1-2H3,(H,21,26)(H,22,25). The molecule has 0 aliphatic heterocycles. The van der Waals surface area contributed by atoms with E-state index >= 15 is 0 Å². The number of phenolic OH excluding ortho intramolecular Hbond substituents is 1. The van der Waals surface area contributed by atoms with Crippen LogP contribution >= 0.6 is 0 Å². The lowest BCUT2D eigenvalue weighted by molar-refractivity contribution is -0.121. The Bertz CT molecular complexity index is 819. The summed E-state index contributed by atoms with van der Waals surface area (Å²) in [5.41, 5.74) is 2.27. The monoisotopic (exact) mass is 357 g/mol. The second-order valence-corrected chi connectivity index (χ2v) is 7.13. The first kappa shape index (κ1) is 18.3. The van der Waals surface area contributed by atoms with Gasteiger partial charge < -0.3 is 20.3 Å². The first-order valence-electron chi connectivity index (χ1n) is 9.33. The Balaban J connectivity index is 1.60. The maximum absolute atomic E-state index is 12.6. The molecule has 2 aromatic rings. The van der Waals surface area contributed by atoms with E-state index in [9.17, 15) is 14.7 Å². The van der Waals surface area contributed by atoms with Crippen LogP contribution in [0.1, 0.15) is 54.6 Å². The van der Waals surface area contributed by atoms with E-state index in [1.54, 1.807) is 18.2 Å². The minimum Gasteiger partial charge on any atom is -0.508 e. The van der Waals surface area contributed by atoms with Gasteiger partial charge in [-0.2, -0.15) is 0 Å². The number of hydrogen-bond acceptors (Lipinski definition) is 3. The molecule has 1 aromatic carbocycles. The third-order valence-corrected chi connectivity index (χ3v) is 5.31. The number of aromatic nitrogens is 1. The smallest absolute Gasteiger partial charge is 0.253 e. The van der Waals surface area contributed by atoms with Crippen molar-refractivity contribution in [1.29, 1.82) is 0 Å². The Morgan fingerprint density at radius 1 is 1.23 bits per heavy atom. The van der Waals surface area contributed by atoms with E-state index in [1.165, 1.54) is 19.3 Å². The predicted octanol–water partition coefficient (Wildman–Crippen LogP) is 2.76. The first-order chi connectivity index (χ1) is 12.5. The van der Waals surface area contributed by atoms with Crippen LogP contribution < -0.4 is 10.6 Å². The van der Waals surface area contributed by atoms with E-state index < -0.39 is 0 Å². The van der Waals surface area contributed by atoms with Gasteiger partial charge in [0.05, 0.1) is 5.56 Å². The molecule has 1 aliphatic rings. The summed E-state index contributed by atoms with van der Waals surface area (Å²) in [5.74, 6) is -0.0994. The molecular weight excluding hydrogens is 330 g/mol. The molecule has 0 atom stereocenters. The number of amides is 2. The largest absolute Gasteiger partial charge is 0.508 e. The molecule has 1 heterocycles. The van der Waals surface area contributed by atoms with Gasteiger partial charge in [0.2, 0.25) is 5.91 Å². The summed E-state index contributed by atoms with van der Waals surface area (Å²) in [6.45, 7) is 2.17. The van der Waals surface area contributed by atoms with Gasteiger partial charge in [-0.05, 0) is 38.0 Å². The predicted molar refractivity (Wildman–Crippen MR) is 101 cm³/mol. The maximum Gasteiger partial charge on any atom is 0.253 e. The summed E-state index contributed by atoms with van der Waals surface area (Å²) >= 11 is 0. The summed E-state index contributed by atoms with van der Waals surface area (Å²) in [6.07, 6.45) is 5.98. The number of fused-ring (bicyclic) bond motifs is 1. The van der Waals surface area contributed by atoms with Crippen molar-refractivity contribution in [2.75, 3.05) is 6.54 Å². The number of aromatic hydroxyl groups is 1. The zero-order chi connectivity index (χ0) is 18.7. The van der Waals surface area contributed by atoms with E-state index in [2.05, 4.69) is 10.6 Å². The third kappa shape index (κ3) is 3.84. The van der Waals surface area contributed by atoms with Gasteiger partial charge in [0.1, 0.15) is 5.75 Å². The molecule has 1 saturated carbocycles. The van der Waals surface area contributed by atoms with Crippen molar-refractivity contribution in [1.82, 2.24) is 15.2 Å². The average molecular weight is 357 g/mol. The van der Waals surface area contributed by atoms with E-state index in [4.69, 9.17) is 0 Å². The number of aryl methyl sites for hydroxylation is 1. The quantitative estimate of drug-likeness (QED) is 0.769. The van der Waals surface area contributed by atoms with Crippen molar-refractivity contribution in [2.24, 2.45) is 7.05 Å². The fourth-order valence-electron chi connectivity index (χ4n) is 3.77. The highest BCUT2D eigenvalue weighted by atomic mass is 16.3. The molecule has 3 N–H and O–H groups in total. The number of carbonyl (C=O) groups excluding carboxylic acids is 2. The van der Waals surface area contributed by atoms with Crippen molar-refractivity contribution >= 4 is 22.7 Å². The Morgan fingerprint density at radius 2 is 1.96 bits per heavy atom. The van der Waals surface area contributed by atoms with Gasteiger partial charge in [-0.3, -0.25) is 9.59 Å². The SMILES string of the molecule is Cc1c(C(=O)NCCC(=O)NC2CCCCC2)c2cc(O)ccc2n1C. The van der Waals surface area contributed by atoms with Crippen LogP contribution in [-0.2, 0) is 11.8 Å². The van der Waals surface area contributed by atoms with Crippen molar-refractivity contribution in [2.45, 2.75) is 51.5 Å². The molecule has 6 nitrogen and oxygen atoms in total. The molecule has 3 rings (SSSR count). The van der Waals surface area contributed by atoms with E-state index in [0.29, 0.717) is 17.5 Å². The topological polar surface area (TPSA) is 83.4 Å². The molecule has 0 saturated heterocycles. The maximum atomic E-state index is 12.6. The molecule has 1 fully saturated rings. The van der Waals surface area contributed by atoms with E-state index in [0.717, 1.165) is 24.1 Å². The second kappa shape index (κ2) is 7.81. The van der Waals surface area contributed by atoms with Crippen LogP contribution in [0.2, 0.25) is 0 Å². The summed E-state index contributed by atoms with van der Waals surface area (Å²) in [7, 11) is 1.89. The summed E-state index contributed by atoms with van der Waals surface area (Å²) in [5, 5.41) is 16.4. The summed E-state index contributed by atoms with van der Waals surface area (Å²) in [6, 6.07) is 5.30. The van der Waals surface area contributed by atoms with E-state index in [-0.39, 0.29) is 30.0 Å². The number of rotatable bonds is 5. The average Bonchev–Trinajstić information content (AvgIpc) is 2.86. The molecule has 6 heteroatoms. The van der Waals surface area contributed by atoms with Crippen molar-refractivity contribution in [3.05, 3.63) is 29.5 Å². The Kier molecular flexibility index (Phi) is 5.49. The highest BCUT2D eigenvalue weighted by Crippen LogP contribution is 2.28. The van der Waals surface area contributed by atoms with Crippen LogP contribution in [0.3, 0.4) is 0 Å². The van der Waals surface area contributed by atoms with Crippen LogP contribution in [0.4, 0.5) is 0 Å². The van der Waals surface area contributed by atoms with Gasteiger partial charge in [-0.25, -0.2) is 0 Å². The molecule has 0 spiro atoms. The highest BCUT2D eigenvalue weighted by Gasteiger charge is 2.19. The molecule has 26 heavy (non-hydrogen) atoms. The number of hydrogen-bond donors (Lipinski definition) is 3. The molecule has 1 aliphatic carbocycles. The zero-order valence-electron chi connectivity index (χ0n) is 15.5. The zero-order valence-corrected chi connectivity index (χ0v) is 15.5. The lowest BCUT2D eigenvalue weighted by atomic mass is 9.95. The lowest BCUT2D eigenvalue weighted by Crippen LogP contribution is -2.38. The fourth-order valence-corrected chi connectivity index (χ4v) is 3.77. The summed E-state index contributed by atoms with van der Waals surface area (Å²) in [4.78, 5) is 24.7. The number of nitrogens with zero attached hydrogens (tertiary/aromatic N) is 1. The molecule has 2 amide bonds. The molecular formula is C20H27N3O3. The van der Waals surface area contributed by atoms with Gasteiger partial charge in [-0.15, -0.1) is 0 Å². The van der Waals surface area contributed by atoms with Crippen molar-refractivity contribution < 1.29 is 14.7 Å². The van der Waals surface area contributed by atoms with Crippen LogP contribution in [0.25, 0.3) is 10.9 Å². The molecule has 1 aromatic heterocycles. The van der Waals surface area contributed by atoms with Crippen molar-refractivity contribution in [3.8, 4) is 5.75 Å². The first-order valence-corrected chi connectivity index (χ1v) is 9.33. The molecule has 0 unspecified atom stereocenters. The van der Waals surface area contributed by atoms with Crippen molar-refractivity contribution in [3.63, 3.8) is 0 Å². The van der Waals surface area contributed by atoms with Crippen LogP contribution in [-0.4, -0.2) is 34.1 Å². The van der Waals surface area contributed by atoms with Gasteiger partial charge in [-0.1, -0.05) is 19.3 Å². The highest BCUT2D eigenvalue weighted by molar-refractivity contribution is 6.08. The van der Waals surface area contributed by atoms with Gasteiger partial charge in [0.15, 0.2) is 0 Å². The molecule has 0 bridgehead atoms. The van der Waals surface area contributed by atoms with Crippen LogP contribution in [0.5, 0.6) is 5.75 Å². The Labute approximate surface area is 153 Å². The van der Waals surface area contributed by atoms with Gasteiger partial charge in [0, 0.05) is 42.7 Å². The number of benzene rings is 1. The normalized spacial score (nSPS) is 15.2. The third-order valence-electron chi connectivity index (χ3n) is 5.31. The Morgan fingerprint density at radius 3 is 2.69 bits per heavy atom. The summed E-state index contributed by atoms with van der Waals surface area (Å²) < 4.78 is 1.93. The number of carbonyl (C=O) groups is 2. The second-order valence-electron chi connectivity index (χ2n) is 7.13. The number of nitrogens with one attached hydrogen (secondary N) is 2. The minimum atomic E-state index is -0.218. The van der Waals surface area contributed by atoms with E-state index in [1.807, 2.05) is 18.5 Å². The van der Waals surface area contributed by atoms with Crippen LogP contribution in [0, 0.1) is 6.92 Å². The molecule has 0 radical (unpaired) electrons.